The van der Waals surface area contributed by atoms with E-state index in [2.05, 4.69) is 15.3 Å². The Bertz CT molecular complexity index is 1170. The molecule has 36 heavy (non-hydrogen) atoms. The molecule has 2 amide bonds. The molecule has 0 radical (unpaired) electrons. The number of aromatic amines is 1. The fourth-order valence-electron chi connectivity index (χ4n) is 3.91. The summed E-state index contributed by atoms with van der Waals surface area (Å²) < 4.78 is 16.7. The zero-order valence-electron chi connectivity index (χ0n) is 21.1. The minimum Gasteiger partial charge on any atom is -0.486 e. The lowest BCUT2D eigenvalue weighted by Crippen LogP contribution is -2.42. The van der Waals surface area contributed by atoms with Crippen LogP contribution in [-0.2, 0) is 22.5 Å². The van der Waals surface area contributed by atoms with Crippen LogP contribution in [0.5, 0.6) is 11.5 Å². The molecule has 9 heteroatoms. The van der Waals surface area contributed by atoms with Crippen molar-refractivity contribution in [1.29, 1.82) is 0 Å². The van der Waals surface area contributed by atoms with Crippen LogP contribution in [0.15, 0.2) is 42.5 Å². The molecular formula is C27H34N4O5. The number of rotatable bonds is 9. The van der Waals surface area contributed by atoms with Gasteiger partial charge in [-0.15, -0.1) is 0 Å². The summed E-state index contributed by atoms with van der Waals surface area (Å²) in [5.41, 5.74) is 2.16. The number of imide groups is 1. The summed E-state index contributed by atoms with van der Waals surface area (Å²) in [5.74, 6) is 1.96. The second-order valence-electron chi connectivity index (χ2n) is 9.73. The Morgan fingerprint density at radius 2 is 1.89 bits per heavy atom. The van der Waals surface area contributed by atoms with Gasteiger partial charge in [-0.1, -0.05) is 18.2 Å². The predicted octanol–water partition coefficient (Wildman–Crippen LogP) is 4.21. The van der Waals surface area contributed by atoms with Crippen LogP contribution in [-0.4, -0.2) is 58.8 Å². The summed E-state index contributed by atoms with van der Waals surface area (Å²) in [6.07, 6.45) is 0.544. The maximum absolute atomic E-state index is 13.0. The summed E-state index contributed by atoms with van der Waals surface area (Å²) in [6, 6.07) is 13.6. The maximum Gasteiger partial charge on any atom is 0.417 e. The van der Waals surface area contributed by atoms with E-state index < -0.39 is 11.7 Å². The maximum atomic E-state index is 13.0. The second kappa shape index (κ2) is 11.4. The Morgan fingerprint density at radius 3 is 2.67 bits per heavy atom. The third-order valence-electron chi connectivity index (χ3n) is 5.60. The van der Waals surface area contributed by atoms with Crippen molar-refractivity contribution in [2.75, 3.05) is 26.3 Å². The number of nitrogens with zero attached hydrogens (tertiary/aromatic N) is 2. The van der Waals surface area contributed by atoms with Crippen molar-refractivity contribution >= 4 is 23.0 Å². The molecule has 2 N–H and O–H groups in total. The van der Waals surface area contributed by atoms with Crippen molar-refractivity contribution in [3.05, 3.63) is 53.9 Å². The highest BCUT2D eigenvalue weighted by Crippen LogP contribution is 2.30. The lowest BCUT2D eigenvalue weighted by Gasteiger charge is -2.26. The normalized spacial score (nSPS) is 13.0. The number of carbonyl (C=O) groups is 2. The molecule has 0 fully saturated rings. The first-order valence-corrected chi connectivity index (χ1v) is 12.3. The summed E-state index contributed by atoms with van der Waals surface area (Å²) >= 11 is 0. The van der Waals surface area contributed by atoms with E-state index in [0.29, 0.717) is 39.1 Å². The molecule has 1 aromatic heterocycles. The Labute approximate surface area is 211 Å². The molecule has 1 aliphatic heterocycles. The van der Waals surface area contributed by atoms with Crippen LogP contribution >= 0.6 is 0 Å². The fraction of sp³-hybridized carbons (Fsp3) is 0.444. The van der Waals surface area contributed by atoms with Gasteiger partial charge < -0.3 is 24.5 Å². The van der Waals surface area contributed by atoms with Gasteiger partial charge in [-0.25, -0.2) is 14.7 Å². The molecule has 0 unspecified atom stereocenters. The van der Waals surface area contributed by atoms with Crippen LogP contribution in [0.25, 0.3) is 11.0 Å². The monoisotopic (exact) mass is 494 g/mol. The fourth-order valence-corrected chi connectivity index (χ4v) is 3.91. The van der Waals surface area contributed by atoms with Crippen molar-refractivity contribution in [2.45, 2.75) is 52.2 Å². The highest BCUT2D eigenvalue weighted by atomic mass is 16.6. The largest absolute Gasteiger partial charge is 0.486 e. The quantitative estimate of drug-likeness (QED) is 0.429. The number of ether oxygens (including phenoxy) is 3. The number of carbonyl (C=O) groups excluding carboxylic acids is 2. The zero-order valence-corrected chi connectivity index (χ0v) is 21.1. The van der Waals surface area contributed by atoms with E-state index in [4.69, 9.17) is 14.2 Å². The number of nitrogens with one attached hydrogen (secondary N) is 2. The molecule has 2 heterocycles. The molecule has 0 bridgehead atoms. The van der Waals surface area contributed by atoms with Crippen LogP contribution in [0.3, 0.4) is 0 Å². The van der Waals surface area contributed by atoms with Crippen LogP contribution in [0.2, 0.25) is 0 Å². The number of benzene rings is 2. The van der Waals surface area contributed by atoms with Crippen molar-refractivity contribution < 1.29 is 23.8 Å². The van der Waals surface area contributed by atoms with E-state index in [9.17, 15) is 9.59 Å². The molecule has 1 aliphatic rings. The molecule has 9 nitrogen and oxygen atoms in total. The average Bonchev–Trinajstić information content (AvgIpc) is 3.26. The topological polar surface area (TPSA) is 106 Å². The average molecular weight is 495 g/mol. The molecule has 0 spiro atoms. The van der Waals surface area contributed by atoms with Gasteiger partial charge in [0.15, 0.2) is 11.5 Å². The number of H-pyrrole nitrogens is 1. The molecule has 3 aromatic rings. The molecule has 4 rings (SSSR count). The van der Waals surface area contributed by atoms with Crippen LogP contribution in [0.1, 0.15) is 45.0 Å². The molecule has 2 aromatic carbocycles. The Balaban J connectivity index is 1.29. The Kier molecular flexibility index (Phi) is 8.10. The van der Waals surface area contributed by atoms with Gasteiger partial charge in [-0.05, 0) is 63.6 Å². The first-order valence-electron chi connectivity index (χ1n) is 12.3. The SMILES string of the molecule is CC(C)(C)OC(=O)N(CCCNCc1ccc2c(c1)OCCO2)C(=O)CCc1nc2ccccc2[nH]1. The smallest absolute Gasteiger partial charge is 0.417 e. The van der Waals surface area contributed by atoms with Crippen LogP contribution in [0, 0.1) is 0 Å². The zero-order chi connectivity index (χ0) is 25.5. The number of imidazole rings is 1. The number of amides is 2. The number of hydrogen-bond acceptors (Lipinski definition) is 7. The lowest BCUT2D eigenvalue weighted by molar-refractivity contribution is -0.130. The summed E-state index contributed by atoms with van der Waals surface area (Å²) in [7, 11) is 0. The van der Waals surface area contributed by atoms with Crippen LogP contribution in [0.4, 0.5) is 4.79 Å². The first-order chi connectivity index (χ1) is 17.3. The van der Waals surface area contributed by atoms with Gasteiger partial charge in [-0.3, -0.25) is 4.79 Å². The van der Waals surface area contributed by atoms with Gasteiger partial charge in [0.1, 0.15) is 24.6 Å². The predicted molar refractivity (Wildman–Crippen MR) is 136 cm³/mol. The van der Waals surface area contributed by atoms with E-state index >= 15 is 0 Å². The van der Waals surface area contributed by atoms with Crippen molar-refractivity contribution in [2.24, 2.45) is 0 Å². The second-order valence-corrected chi connectivity index (χ2v) is 9.73. The number of aromatic nitrogens is 2. The summed E-state index contributed by atoms with van der Waals surface area (Å²) in [6.45, 7) is 8.02. The molecule has 0 atom stereocenters. The number of hydrogen-bond donors (Lipinski definition) is 2. The molecule has 0 saturated heterocycles. The van der Waals surface area contributed by atoms with Gasteiger partial charge in [0.05, 0.1) is 11.0 Å². The number of aryl methyl sites for hydroxylation is 1. The van der Waals surface area contributed by atoms with E-state index in [1.807, 2.05) is 42.5 Å². The van der Waals surface area contributed by atoms with E-state index in [1.165, 1.54) is 4.90 Å². The molecule has 0 saturated carbocycles. The van der Waals surface area contributed by atoms with Crippen molar-refractivity contribution in [3.63, 3.8) is 0 Å². The van der Waals surface area contributed by atoms with Gasteiger partial charge in [0.2, 0.25) is 5.91 Å². The first kappa shape index (κ1) is 25.5. The van der Waals surface area contributed by atoms with Gasteiger partial charge in [0.25, 0.3) is 0 Å². The molecule has 192 valence electrons. The number of fused-ring (bicyclic) bond motifs is 2. The van der Waals surface area contributed by atoms with E-state index in [-0.39, 0.29) is 18.9 Å². The van der Waals surface area contributed by atoms with Crippen molar-refractivity contribution in [1.82, 2.24) is 20.2 Å². The Hall–Kier alpha value is -3.59. The van der Waals surface area contributed by atoms with Crippen molar-refractivity contribution in [3.8, 4) is 11.5 Å². The Morgan fingerprint density at radius 1 is 1.11 bits per heavy atom. The van der Waals surface area contributed by atoms with Gasteiger partial charge >= 0.3 is 6.09 Å². The molecule has 0 aliphatic carbocycles. The third-order valence-corrected chi connectivity index (χ3v) is 5.60. The van der Waals surface area contributed by atoms with Gasteiger partial charge in [0, 0.05) is 25.9 Å². The minimum absolute atomic E-state index is 0.156. The van der Waals surface area contributed by atoms with Crippen LogP contribution < -0.4 is 14.8 Å². The van der Waals surface area contributed by atoms with Gasteiger partial charge in [-0.2, -0.15) is 0 Å². The van der Waals surface area contributed by atoms with E-state index in [0.717, 1.165) is 33.9 Å². The highest BCUT2D eigenvalue weighted by molar-refractivity contribution is 5.92. The summed E-state index contributed by atoms with van der Waals surface area (Å²) in [4.78, 5) is 34.8. The highest BCUT2D eigenvalue weighted by Gasteiger charge is 2.27. The standard InChI is InChI=1S/C27H34N4O5/c1-27(2,3)36-26(33)31(25(32)12-11-24-29-20-7-4-5-8-21(20)30-24)14-6-13-28-18-19-9-10-22-23(17-19)35-16-15-34-22/h4-5,7-10,17,28H,6,11-16,18H2,1-3H3,(H,29,30). The third kappa shape index (κ3) is 6.97. The lowest BCUT2D eigenvalue weighted by atomic mass is 10.2. The number of para-hydroxylation sites is 2. The minimum atomic E-state index is -0.690. The summed E-state index contributed by atoms with van der Waals surface area (Å²) in [5, 5.41) is 3.36. The van der Waals surface area contributed by atoms with E-state index in [1.54, 1.807) is 20.8 Å². The molecular weight excluding hydrogens is 460 g/mol.